The minimum Gasteiger partial charge on any atom is -0.307 e. The summed E-state index contributed by atoms with van der Waals surface area (Å²) in [6.07, 6.45) is 3.35. The van der Waals surface area contributed by atoms with Crippen molar-refractivity contribution in [3.63, 3.8) is 0 Å². The molecule has 2 amide bonds. The Balaban J connectivity index is 1.72. The van der Waals surface area contributed by atoms with Crippen LogP contribution in [0.3, 0.4) is 0 Å². The monoisotopic (exact) mass is 450 g/mol. The maximum absolute atomic E-state index is 13.1. The summed E-state index contributed by atoms with van der Waals surface area (Å²) in [5, 5.41) is 3.92. The van der Waals surface area contributed by atoms with Crippen molar-refractivity contribution in [1.82, 2.24) is 9.66 Å². The van der Waals surface area contributed by atoms with Crippen molar-refractivity contribution in [2.75, 3.05) is 10.7 Å². The van der Waals surface area contributed by atoms with E-state index in [4.69, 9.17) is 23.2 Å². The number of carbonyl (C=O) groups is 1. The van der Waals surface area contributed by atoms with Gasteiger partial charge in [-0.25, -0.2) is 15.2 Å². The number of amides is 2. The molecule has 0 bridgehead atoms. The van der Waals surface area contributed by atoms with Gasteiger partial charge in [0.15, 0.2) is 5.82 Å². The summed E-state index contributed by atoms with van der Waals surface area (Å²) in [5.74, 6) is 0.248. The zero-order chi connectivity index (χ0) is 21.8. The van der Waals surface area contributed by atoms with Crippen LogP contribution in [0.1, 0.15) is 11.4 Å². The number of anilines is 1. The summed E-state index contributed by atoms with van der Waals surface area (Å²) in [5.41, 5.74) is 4.04. The van der Waals surface area contributed by atoms with Crippen molar-refractivity contribution < 1.29 is 4.79 Å². The highest BCUT2D eigenvalue weighted by molar-refractivity contribution is 6.42. The number of carbonyl (C=O) groups excluding carboxylic acids is 1. The highest BCUT2D eigenvalue weighted by Crippen LogP contribution is 2.23. The molecule has 0 aliphatic carbocycles. The molecule has 4 aromatic rings. The molecule has 6 nitrogen and oxygen atoms in total. The molecule has 0 aliphatic rings. The number of benzene rings is 3. The summed E-state index contributed by atoms with van der Waals surface area (Å²) in [7, 11) is 0. The van der Waals surface area contributed by atoms with E-state index in [1.807, 2.05) is 6.07 Å². The summed E-state index contributed by atoms with van der Waals surface area (Å²) in [6, 6.07) is 20.4. The highest BCUT2D eigenvalue weighted by atomic mass is 35.5. The fourth-order valence-electron chi connectivity index (χ4n) is 2.94. The van der Waals surface area contributed by atoms with Crippen LogP contribution in [0, 0.1) is 0 Å². The van der Waals surface area contributed by atoms with Crippen molar-refractivity contribution in [2.45, 2.75) is 0 Å². The van der Waals surface area contributed by atoms with Crippen LogP contribution < -0.4 is 16.3 Å². The first kappa shape index (κ1) is 20.7. The zero-order valence-electron chi connectivity index (χ0n) is 16.0. The summed E-state index contributed by atoms with van der Waals surface area (Å²) in [6.45, 7) is 0. The average Bonchev–Trinajstić information content (AvgIpc) is 2.77. The predicted molar refractivity (Wildman–Crippen MR) is 126 cm³/mol. The molecular formula is C23H16Cl2N4O2. The summed E-state index contributed by atoms with van der Waals surface area (Å²) in [4.78, 5) is 30.1. The van der Waals surface area contributed by atoms with Crippen LogP contribution in [0.5, 0.6) is 0 Å². The third kappa shape index (κ3) is 4.77. The van der Waals surface area contributed by atoms with Crippen molar-refractivity contribution in [1.29, 1.82) is 0 Å². The van der Waals surface area contributed by atoms with Crippen LogP contribution in [-0.2, 0) is 0 Å². The maximum Gasteiger partial charge on any atom is 0.338 e. The number of nitrogens with one attached hydrogen (secondary N) is 2. The third-order valence-electron chi connectivity index (χ3n) is 4.42. The van der Waals surface area contributed by atoms with Gasteiger partial charge in [-0.15, -0.1) is 0 Å². The molecule has 1 heterocycles. The van der Waals surface area contributed by atoms with Gasteiger partial charge in [-0.3, -0.25) is 4.79 Å². The van der Waals surface area contributed by atoms with E-state index in [0.29, 0.717) is 26.6 Å². The van der Waals surface area contributed by atoms with Gasteiger partial charge in [-0.05, 0) is 48.0 Å². The smallest absolute Gasteiger partial charge is 0.307 e. The molecule has 0 radical (unpaired) electrons. The van der Waals surface area contributed by atoms with Gasteiger partial charge in [0.25, 0.3) is 5.56 Å². The second-order valence-electron chi connectivity index (χ2n) is 6.57. The van der Waals surface area contributed by atoms with E-state index < -0.39 is 11.6 Å². The second kappa shape index (κ2) is 9.04. The van der Waals surface area contributed by atoms with Gasteiger partial charge in [0.2, 0.25) is 0 Å². The van der Waals surface area contributed by atoms with Crippen LogP contribution in [-0.4, -0.2) is 15.7 Å². The average molecular weight is 451 g/mol. The zero-order valence-corrected chi connectivity index (χ0v) is 17.6. The summed E-state index contributed by atoms with van der Waals surface area (Å²) >= 11 is 12.0. The maximum atomic E-state index is 13.1. The number of rotatable bonds is 4. The molecule has 8 heteroatoms. The fourth-order valence-corrected chi connectivity index (χ4v) is 3.25. The third-order valence-corrected chi connectivity index (χ3v) is 5.15. The van der Waals surface area contributed by atoms with E-state index in [1.165, 1.54) is 0 Å². The molecule has 31 heavy (non-hydrogen) atoms. The minimum atomic E-state index is -0.574. The Morgan fingerprint density at radius 1 is 0.903 bits per heavy atom. The quantitative estimate of drug-likeness (QED) is 0.421. The standard InChI is InChI=1S/C23H16Cl2N4O2/c24-18-12-10-15(14-19(18)25)11-13-21-27-20-9-5-4-8-17(20)22(30)29(21)28-23(31)26-16-6-2-1-3-7-16/h1-14H,(H2,26,28,31)/b13-11+. The molecule has 154 valence electrons. The molecule has 3 aromatic carbocycles. The van der Waals surface area contributed by atoms with Gasteiger partial charge in [0.1, 0.15) is 0 Å². The van der Waals surface area contributed by atoms with Crippen molar-refractivity contribution in [3.05, 3.63) is 105 Å². The van der Waals surface area contributed by atoms with E-state index in [-0.39, 0.29) is 5.82 Å². The van der Waals surface area contributed by atoms with Crippen LogP contribution in [0.25, 0.3) is 23.1 Å². The molecule has 0 atom stereocenters. The fraction of sp³-hybridized carbons (Fsp3) is 0. The first-order valence-corrected chi connectivity index (χ1v) is 10.0. The van der Waals surface area contributed by atoms with Gasteiger partial charge >= 0.3 is 6.03 Å². The Kier molecular flexibility index (Phi) is 6.02. The lowest BCUT2D eigenvalue weighted by atomic mass is 10.2. The summed E-state index contributed by atoms with van der Waals surface area (Å²) < 4.78 is 1.11. The molecule has 0 unspecified atom stereocenters. The number of fused-ring (bicyclic) bond motifs is 1. The topological polar surface area (TPSA) is 76.0 Å². The first-order chi connectivity index (χ1) is 15.0. The number of para-hydroxylation sites is 2. The van der Waals surface area contributed by atoms with Crippen LogP contribution in [0.4, 0.5) is 10.5 Å². The van der Waals surface area contributed by atoms with Crippen LogP contribution in [0.15, 0.2) is 77.6 Å². The van der Waals surface area contributed by atoms with Gasteiger partial charge in [-0.1, -0.05) is 65.7 Å². The van der Waals surface area contributed by atoms with E-state index in [2.05, 4.69) is 15.7 Å². The molecule has 0 fully saturated rings. The molecule has 0 saturated heterocycles. The van der Waals surface area contributed by atoms with Gasteiger partial charge in [0, 0.05) is 5.69 Å². The Morgan fingerprint density at radius 2 is 1.65 bits per heavy atom. The number of halogens is 2. The van der Waals surface area contributed by atoms with E-state index in [9.17, 15) is 9.59 Å². The Morgan fingerprint density at radius 3 is 2.42 bits per heavy atom. The Hall–Kier alpha value is -3.61. The van der Waals surface area contributed by atoms with Crippen molar-refractivity contribution in [2.24, 2.45) is 0 Å². The lowest BCUT2D eigenvalue weighted by Crippen LogP contribution is -2.37. The number of hydrogen-bond donors (Lipinski definition) is 2. The molecule has 0 aliphatic heterocycles. The normalized spacial score (nSPS) is 11.0. The largest absolute Gasteiger partial charge is 0.338 e. The molecule has 2 N–H and O–H groups in total. The van der Waals surface area contributed by atoms with Gasteiger partial charge < -0.3 is 5.32 Å². The molecular weight excluding hydrogens is 435 g/mol. The number of hydrogen-bond acceptors (Lipinski definition) is 3. The molecule has 4 rings (SSSR count). The second-order valence-corrected chi connectivity index (χ2v) is 7.38. The molecule has 0 saturated carbocycles. The van der Waals surface area contributed by atoms with Crippen LogP contribution >= 0.6 is 23.2 Å². The van der Waals surface area contributed by atoms with E-state index in [1.54, 1.807) is 78.9 Å². The Labute approximate surface area is 187 Å². The number of aromatic nitrogens is 2. The molecule has 1 aromatic heterocycles. The lowest BCUT2D eigenvalue weighted by Gasteiger charge is -2.13. The van der Waals surface area contributed by atoms with Gasteiger partial charge in [-0.2, -0.15) is 4.68 Å². The highest BCUT2D eigenvalue weighted by Gasteiger charge is 2.12. The van der Waals surface area contributed by atoms with Crippen LogP contribution in [0.2, 0.25) is 10.0 Å². The SMILES string of the molecule is O=C(Nc1ccccc1)Nn1c(/C=C/c2ccc(Cl)c(Cl)c2)nc2ccccc2c1=O. The number of urea groups is 1. The van der Waals surface area contributed by atoms with E-state index >= 15 is 0 Å². The van der Waals surface area contributed by atoms with Crippen molar-refractivity contribution >= 4 is 58.0 Å². The van der Waals surface area contributed by atoms with E-state index in [0.717, 1.165) is 10.2 Å². The predicted octanol–water partition coefficient (Wildman–Crippen LogP) is 5.65. The van der Waals surface area contributed by atoms with Crippen molar-refractivity contribution in [3.8, 4) is 0 Å². The number of nitrogens with zero attached hydrogens (tertiary/aromatic N) is 2. The lowest BCUT2D eigenvalue weighted by molar-refractivity contribution is 0.259. The van der Waals surface area contributed by atoms with Gasteiger partial charge in [0.05, 0.1) is 20.9 Å². The Bertz CT molecular complexity index is 1350. The minimum absolute atomic E-state index is 0.248. The molecule has 0 spiro atoms. The first-order valence-electron chi connectivity index (χ1n) is 9.29.